The molecule has 12 nitrogen and oxygen atoms in total. The van der Waals surface area contributed by atoms with E-state index in [0.29, 0.717) is 12.2 Å². The summed E-state index contributed by atoms with van der Waals surface area (Å²) in [7, 11) is 3.34. The summed E-state index contributed by atoms with van der Waals surface area (Å²) in [5.41, 5.74) is 3.26. The fourth-order valence-corrected chi connectivity index (χ4v) is 5.24. The zero-order chi connectivity index (χ0) is 35.2. The van der Waals surface area contributed by atoms with E-state index >= 15 is 0 Å². The number of benzene rings is 3. The highest BCUT2D eigenvalue weighted by Crippen LogP contribution is 2.14. The highest BCUT2D eigenvalue weighted by Gasteiger charge is 2.32. The van der Waals surface area contributed by atoms with Gasteiger partial charge in [0.05, 0.1) is 13.2 Å². The first-order valence-electron chi connectivity index (χ1n) is 16.2. The molecule has 4 aromatic rings. The van der Waals surface area contributed by atoms with E-state index in [9.17, 15) is 24.3 Å². The van der Waals surface area contributed by atoms with Crippen LogP contribution < -0.4 is 26.0 Å². The van der Waals surface area contributed by atoms with E-state index in [2.05, 4.69) is 26.4 Å². The molecule has 0 fully saturated rings. The van der Waals surface area contributed by atoms with Crippen molar-refractivity contribution in [2.45, 2.75) is 63.4 Å². The SMILES string of the molecule is COc1ccc(CC(NC(=O)C(C)NC(=O)CCc2ccnn2C)C(=O)NC(Cc2ccccc2)C(O)C(=O)NCc2ccccc2)cc1. The Bertz CT molecular complexity index is 1660. The second kappa shape index (κ2) is 18.2. The minimum atomic E-state index is -1.59. The van der Waals surface area contributed by atoms with E-state index in [0.717, 1.165) is 22.4 Å². The maximum atomic E-state index is 13.9. The van der Waals surface area contributed by atoms with Crippen molar-refractivity contribution in [2.24, 2.45) is 7.05 Å². The molecule has 49 heavy (non-hydrogen) atoms. The normalized spacial score (nSPS) is 13.3. The Morgan fingerprint density at radius 3 is 2.02 bits per heavy atom. The van der Waals surface area contributed by atoms with Gasteiger partial charge in [-0.3, -0.25) is 23.9 Å². The molecule has 0 aliphatic heterocycles. The van der Waals surface area contributed by atoms with E-state index < -0.39 is 42.0 Å². The molecule has 0 saturated heterocycles. The van der Waals surface area contributed by atoms with Crippen molar-refractivity contribution in [1.29, 1.82) is 0 Å². The van der Waals surface area contributed by atoms with Crippen LogP contribution in [-0.4, -0.2) is 69.9 Å². The number of aryl methyl sites for hydroxylation is 2. The van der Waals surface area contributed by atoms with Crippen molar-refractivity contribution in [2.75, 3.05) is 7.11 Å². The quantitative estimate of drug-likeness (QED) is 0.115. The molecule has 1 heterocycles. The third kappa shape index (κ3) is 11.3. The summed E-state index contributed by atoms with van der Waals surface area (Å²) in [6.45, 7) is 1.74. The fraction of sp³-hybridized carbons (Fsp3) is 0.324. The molecule has 0 aliphatic carbocycles. The van der Waals surface area contributed by atoms with Gasteiger partial charge in [-0.25, -0.2) is 0 Å². The number of aromatic nitrogens is 2. The van der Waals surface area contributed by atoms with Crippen molar-refractivity contribution in [3.8, 4) is 5.75 Å². The third-order valence-corrected chi connectivity index (χ3v) is 8.12. The molecule has 0 radical (unpaired) electrons. The maximum absolute atomic E-state index is 13.9. The number of hydrogen-bond acceptors (Lipinski definition) is 7. The molecule has 0 saturated carbocycles. The Morgan fingerprint density at radius 2 is 1.41 bits per heavy atom. The number of carbonyl (C=O) groups excluding carboxylic acids is 4. The zero-order valence-corrected chi connectivity index (χ0v) is 28.0. The highest BCUT2D eigenvalue weighted by molar-refractivity contribution is 5.92. The van der Waals surface area contributed by atoms with Crippen LogP contribution in [0.1, 0.15) is 35.7 Å². The van der Waals surface area contributed by atoms with Crippen LogP contribution in [0.4, 0.5) is 0 Å². The number of nitrogens with one attached hydrogen (secondary N) is 4. The number of aliphatic hydroxyl groups excluding tert-OH is 1. The second-order valence-corrected chi connectivity index (χ2v) is 11.8. The van der Waals surface area contributed by atoms with Crippen molar-refractivity contribution in [3.05, 3.63) is 120 Å². The molecule has 4 atom stereocenters. The van der Waals surface area contributed by atoms with Gasteiger partial charge in [-0.05, 0) is 54.7 Å². The molecular weight excluding hydrogens is 624 g/mol. The van der Waals surface area contributed by atoms with Crippen molar-refractivity contribution in [3.63, 3.8) is 0 Å². The Labute approximate surface area is 286 Å². The summed E-state index contributed by atoms with van der Waals surface area (Å²) < 4.78 is 6.93. The van der Waals surface area contributed by atoms with Crippen LogP contribution in [0.2, 0.25) is 0 Å². The molecular formula is C37H44N6O6. The van der Waals surface area contributed by atoms with Crippen LogP contribution in [0.15, 0.2) is 97.2 Å². The van der Waals surface area contributed by atoms with Crippen LogP contribution in [0, 0.1) is 0 Å². The molecule has 0 spiro atoms. The first kappa shape index (κ1) is 36.3. The van der Waals surface area contributed by atoms with Gasteiger partial charge in [0.1, 0.15) is 17.8 Å². The van der Waals surface area contributed by atoms with Gasteiger partial charge in [0.15, 0.2) is 6.10 Å². The number of carbonyl (C=O) groups is 4. The Balaban J connectivity index is 1.48. The number of rotatable bonds is 17. The maximum Gasteiger partial charge on any atom is 0.251 e. The Kier molecular flexibility index (Phi) is 13.5. The molecule has 3 aromatic carbocycles. The predicted molar refractivity (Wildman–Crippen MR) is 184 cm³/mol. The molecule has 5 N–H and O–H groups in total. The van der Waals surface area contributed by atoms with Gasteiger partial charge in [0.2, 0.25) is 17.7 Å². The van der Waals surface area contributed by atoms with Gasteiger partial charge in [-0.1, -0.05) is 72.8 Å². The van der Waals surface area contributed by atoms with Crippen LogP contribution in [0.5, 0.6) is 5.75 Å². The lowest BCUT2D eigenvalue weighted by Gasteiger charge is -2.27. The molecule has 0 bridgehead atoms. The predicted octanol–water partition coefficient (Wildman–Crippen LogP) is 2.00. The summed E-state index contributed by atoms with van der Waals surface area (Å²) in [6.07, 6.45) is 0.901. The van der Waals surface area contributed by atoms with E-state index in [4.69, 9.17) is 4.74 Å². The lowest BCUT2D eigenvalue weighted by molar-refractivity contribution is -0.134. The Morgan fingerprint density at radius 1 is 0.776 bits per heavy atom. The van der Waals surface area contributed by atoms with Gasteiger partial charge in [0, 0.05) is 38.3 Å². The van der Waals surface area contributed by atoms with Crippen LogP contribution in [0.25, 0.3) is 0 Å². The number of nitrogens with zero attached hydrogens (tertiary/aromatic N) is 2. The largest absolute Gasteiger partial charge is 0.497 e. The third-order valence-electron chi connectivity index (χ3n) is 8.12. The summed E-state index contributed by atoms with van der Waals surface area (Å²) in [6, 6.07) is 24.3. The van der Waals surface area contributed by atoms with Gasteiger partial charge in [-0.2, -0.15) is 5.10 Å². The average Bonchev–Trinajstić information content (AvgIpc) is 3.54. The topological polar surface area (TPSA) is 164 Å². The van der Waals surface area contributed by atoms with Gasteiger partial charge in [-0.15, -0.1) is 0 Å². The number of ether oxygens (including phenoxy) is 1. The summed E-state index contributed by atoms with van der Waals surface area (Å²) >= 11 is 0. The van der Waals surface area contributed by atoms with Crippen LogP contribution in [-0.2, 0) is 52.0 Å². The average molecular weight is 669 g/mol. The summed E-state index contributed by atoms with van der Waals surface area (Å²) in [4.78, 5) is 53.1. The minimum absolute atomic E-state index is 0.0943. The molecule has 4 rings (SSSR count). The molecule has 1 aromatic heterocycles. The lowest BCUT2D eigenvalue weighted by Crippen LogP contribution is -2.58. The number of methoxy groups -OCH3 is 1. The van der Waals surface area contributed by atoms with Gasteiger partial charge >= 0.3 is 0 Å². The smallest absolute Gasteiger partial charge is 0.251 e. The van der Waals surface area contributed by atoms with E-state index in [1.165, 1.54) is 0 Å². The van der Waals surface area contributed by atoms with Crippen molar-refractivity contribution >= 4 is 23.6 Å². The van der Waals surface area contributed by atoms with Gasteiger partial charge < -0.3 is 31.1 Å². The minimum Gasteiger partial charge on any atom is -0.497 e. The van der Waals surface area contributed by atoms with Crippen LogP contribution in [0.3, 0.4) is 0 Å². The van der Waals surface area contributed by atoms with Gasteiger partial charge in [0.25, 0.3) is 5.91 Å². The van der Waals surface area contributed by atoms with Crippen molar-refractivity contribution in [1.82, 2.24) is 31.0 Å². The summed E-state index contributed by atoms with van der Waals surface area (Å²) in [5.74, 6) is -1.52. The number of aliphatic hydroxyl groups is 1. The first-order chi connectivity index (χ1) is 23.6. The number of hydrogen-bond donors (Lipinski definition) is 5. The fourth-order valence-electron chi connectivity index (χ4n) is 5.24. The molecule has 258 valence electrons. The zero-order valence-electron chi connectivity index (χ0n) is 28.0. The number of amides is 4. The standard InChI is InChI=1S/C37H44N6O6/c1-25(40-33(44)19-16-29-20-21-39-43(29)2)35(46)42-32(23-27-14-17-30(49-3)18-15-27)36(47)41-31(22-26-10-6-4-7-11-26)34(45)37(48)38-24-28-12-8-5-9-13-28/h4-15,17-18,20-21,25,31-32,34,45H,16,19,22-24H2,1-3H3,(H,38,48)(H,40,44)(H,41,47)(H,42,46). The molecule has 12 heteroatoms. The van der Waals surface area contributed by atoms with E-state index in [1.54, 1.807) is 56.2 Å². The monoisotopic (exact) mass is 668 g/mol. The molecule has 0 aliphatic rings. The molecule has 4 unspecified atom stereocenters. The van der Waals surface area contributed by atoms with E-state index in [-0.39, 0.29) is 31.7 Å². The van der Waals surface area contributed by atoms with E-state index in [1.807, 2.05) is 66.7 Å². The first-order valence-corrected chi connectivity index (χ1v) is 16.2. The highest BCUT2D eigenvalue weighted by atomic mass is 16.5. The lowest BCUT2D eigenvalue weighted by atomic mass is 9.98. The molecule has 4 amide bonds. The van der Waals surface area contributed by atoms with Crippen molar-refractivity contribution < 1.29 is 29.0 Å². The Hall–Kier alpha value is -5.49. The van der Waals surface area contributed by atoms with Crippen LogP contribution >= 0.6 is 0 Å². The second-order valence-electron chi connectivity index (χ2n) is 11.8. The summed E-state index contributed by atoms with van der Waals surface area (Å²) in [5, 5.41) is 26.4.